The molecule has 0 saturated heterocycles. The standard InChI is InChI=1S/C11H23NO2S/c1-4-7-15-8-11(14)12-6-5-10(13)9(2)3/h9-10,13H,4-8H2,1-3H3,(H,12,14). The van der Waals surface area contributed by atoms with Crippen LogP contribution in [0.2, 0.25) is 0 Å². The Morgan fingerprint density at radius 2 is 2.13 bits per heavy atom. The maximum atomic E-state index is 11.3. The van der Waals surface area contributed by atoms with E-state index in [4.69, 9.17) is 0 Å². The first-order chi connectivity index (χ1) is 7.07. The molecule has 0 aromatic heterocycles. The van der Waals surface area contributed by atoms with Crippen molar-refractivity contribution in [3.63, 3.8) is 0 Å². The van der Waals surface area contributed by atoms with Crippen LogP contribution in [0.1, 0.15) is 33.6 Å². The van der Waals surface area contributed by atoms with Crippen LogP contribution in [0.15, 0.2) is 0 Å². The second-order valence-electron chi connectivity index (χ2n) is 4.00. The molecule has 0 heterocycles. The largest absolute Gasteiger partial charge is 0.393 e. The summed E-state index contributed by atoms with van der Waals surface area (Å²) in [6.07, 6.45) is 1.43. The monoisotopic (exact) mass is 233 g/mol. The van der Waals surface area contributed by atoms with Crippen LogP contribution in [0.25, 0.3) is 0 Å². The number of thioether (sulfide) groups is 1. The lowest BCUT2D eigenvalue weighted by atomic mass is 10.0. The molecule has 0 fully saturated rings. The van der Waals surface area contributed by atoms with Gasteiger partial charge in [0.25, 0.3) is 0 Å². The van der Waals surface area contributed by atoms with Gasteiger partial charge in [-0.1, -0.05) is 20.8 Å². The highest BCUT2D eigenvalue weighted by Gasteiger charge is 2.09. The smallest absolute Gasteiger partial charge is 0.229 e. The maximum Gasteiger partial charge on any atom is 0.229 e. The van der Waals surface area contributed by atoms with Gasteiger partial charge in [-0.3, -0.25) is 4.79 Å². The molecular weight excluding hydrogens is 210 g/mol. The molecule has 1 unspecified atom stereocenters. The molecule has 0 spiro atoms. The van der Waals surface area contributed by atoms with Gasteiger partial charge in [0.1, 0.15) is 0 Å². The Kier molecular flexibility index (Phi) is 8.91. The number of aliphatic hydroxyl groups is 1. The molecule has 4 heteroatoms. The van der Waals surface area contributed by atoms with E-state index in [1.165, 1.54) is 0 Å². The number of amides is 1. The molecule has 3 nitrogen and oxygen atoms in total. The molecule has 0 radical (unpaired) electrons. The number of carbonyl (C=O) groups excluding carboxylic acids is 1. The van der Waals surface area contributed by atoms with E-state index in [0.29, 0.717) is 18.7 Å². The summed E-state index contributed by atoms with van der Waals surface area (Å²) in [4.78, 5) is 11.3. The van der Waals surface area contributed by atoms with Crippen LogP contribution in [0.3, 0.4) is 0 Å². The number of aliphatic hydroxyl groups excluding tert-OH is 1. The van der Waals surface area contributed by atoms with Crippen molar-refractivity contribution in [2.45, 2.75) is 39.7 Å². The zero-order valence-corrected chi connectivity index (χ0v) is 10.8. The molecule has 0 bridgehead atoms. The lowest BCUT2D eigenvalue weighted by Crippen LogP contribution is -2.29. The first-order valence-corrected chi connectivity index (χ1v) is 6.75. The summed E-state index contributed by atoms with van der Waals surface area (Å²) in [6, 6.07) is 0. The minimum Gasteiger partial charge on any atom is -0.393 e. The zero-order valence-electron chi connectivity index (χ0n) is 9.95. The van der Waals surface area contributed by atoms with Crippen LogP contribution in [0, 0.1) is 5.92 Å². The van der Waals surface area contributed by atoms with Gasteiger partial charge in [0, 0.05) is 6.54 Å². The first kappa shape index (κ1) is 14.8. The third kappa shape index (κ3) is 8.75. The first-order valence-electron chi connectivity index (χ1n) is 5.60. The summed E-state index contributed by atoms with van der Waals surface area (Å²) in [5.74, 6) is 1.90. The molecule has 1 atom stereocenters. The Bertz CT molecular complexity index is 174. The topological polar surface area (TPSA) is 49.3 Å². The average molecular weight is 233 g/mol. The highest BCUT2D eigenvalue weighted by Crippen LogP contribution is 2.04. The van der Waals surface area contributed by atoms with Crippen LogP contribution in [0.5, 0.6) is 0 Å². The van der Waals surface area contributed by atoms with Crippen LogP contribution >= 0.6 is 11.8 Å². The Balaban J connectivity index is 3.38. The minimum absolute atomic E-state index is 0.0735. The van der Waals surface area contributed by atoms with Gasteiger partial charge in [-0.25, -0.2) is 0 Å². The molecule has 15 heavy (non-hydrogen) atoms. The lowest BCUT2D eigenvalue weighted by Gasteiger charge is -2.14. The predicted molar refractivity (Wildman–Crippen MR) is 66.1 cm³/mol. The van der Waals surface area contributed by atoms with Gasteiger partial charge in [0.15, 0.2) is 0 Å². The molecule has 2 N–H and O–H groups in total. The Morgan fingerprint density at radius 3 is 2.67 bits per heavy atom. The number of carbonyl (C=O) groups is 1. The molecule has 0 aromatic rings. The summed E-state index contributed by atoms with van der Waals surface area (Å²) in [6.45, 7) is 6.63. The number of rotatable bonds is 8. The fourth-order valence-electron chi connectivity index (χ4n) is 1.05. The van der Waals surface area contributed by atoms with Crippen molar-refractivity contribution in [3.05, 3.63) is 0 Å². The third-order valence-electron chi connectivity index (χ3n) is 2.11. The summed E-state index contributed by atoms with van der Waals surface area (Å²) < 4.78 is 0. The van der Waals surface area contributed by atoms with E-state index in [0.717, 1.165) is 12.2 Å². The number of hydrogen-bond donors (Lipinski definition) is 2. The van der Waals surface area contributed by atoms with Crippen LogP contribution in [0.4, 0.5) is 0 Å². The van der Waals surface area contributed by atoms with E-state index >= 15 is 0 Å². The quantitative estimate of drug-likeness (QED) is 0.627. The fourth-order valence-corrected chi connectivity index (χ4v) is 1.77. The van der Waals surface area contributed by atoms with Gasteiger partial charge < -0.3 is 10.4 Å². The Labute approximate surface area is 97.0 Å². The van der Waals surface area contributed by atoms with Crippen molar-refractivity contribution in [2.75, 3.05) is 18.1 Å². The van der Waals surface area contributed by atoms with Gasteiger partial charge in [-0.2, -0.15) is 11.8 Å². The molecule has 0 aromatic carbocycles. The van der Waals surface area contributed by atoms with E-state index in [2.05, 4.69) is 12.2 Å². The SMILES string of the molecule is CCCSCC(=O)NCCC(O)C(C)C. The fraction of sp³-hybridized carbons (Fsp3) is 0.909. The maximum absolute atomic E-state index is 11.3. The van der Waals surface area contributed by atoms with E-state index < -0.39 is 0 Å². The van der Waals surface area contributed by atoms with Crippen molar-refractivity contribution in [1.29, 1.82) is 0 Å². The van der Waals surface area contributed by atoms with E-state index in [9.17, 15) is 9.90 Å². The molecule has 1 amide bonds. The highest BCUT2D eigenvalue weighted by atomic mass is 32.2. The van der Waals surface area contributed by atoms with Crippen LogP contribution in [-0.2, 0) is 4.79 Å². The predicted octanol–water partition coefficient (Wildman–Crippen LogP) is 1.65. The van der Waals surface area contributed by atoms with Gasteiger partial charge in [0.2, 0.25) is 5.91 Å². The molecular formula is C11H23NO2S. The van der Waals surface area contributed by atoms with Gasteiger partial charge in [-0.15, -0.1) is 0 Å². The Morgan fingerprint density at radius 1 is 1.47 bits per heavy atom. The minimum atomic E-state index is -0.311. The second kappa shape index (κ2) is 9.04. The lowest BCUT2D eigenvalue weighted by molar-refractivity contribution is -0.118. The molecule has 0 aliphatic carbocycles. The van der Waals surface area contributed by atoms with E-state index in [1.807, 2.05) is 13.8 Å². The third-order valence-corrected chi connectivity index (χ3v) is 3.28. The number of nitrogens with one attached hydrogen (secondary N) is 1. The average Bonchev–Trinajstić information content (AvgIpc) is 2.18. The molecule has 0 rings (SSSR count). The van der Waals surface area contributed by atoms with Crippen LogP contribution in [-0.4, -0.2) is 35.2 Å². The normalized spacial score (nSPS) is 12.9. The summed E-state index contributed by atoms with van der Waals surface area (Å²) in [5.41, 5.74) is 0. The van der Waals surface area contributed by atoms with Gasteiger partial charge in [0.05, 0.1) is 11.9 Å². The summed E-state index contributed by atoms with van der Waals surface area (Å²) >= 11 is 1.65. The number of hydrogen-bond acceptors (Lipinski definition) is 3. The Hall–Kier alpha value is -0.220. The molecule has 0 aliphatic rings. The second-order valence-corrected chi connectivity index (χ2v) is 5.11. The molecule has 90 valence electrons. The van der Waals surface area contributed by atoms with E-state index in [-0.39, 0.29) is 17.9 Å². The summed E-state index contributed by atoms with van der Waals surface area (Å²) in [5, 5.41) is 12.3. The van der Waals surface area contributed by atoms with Gasteiger partial charge >= 0.3 is 0 Å². The van der Waals surface area contributed by atoms with Crippen LogP contribution < -0.4 is 5.32 Å². The van der Waals surface area contributed by atoms with Crippen molar-refractivity contribution in [2.24, 2.45) is 5.92 Å². The summed E-state index contributed by atoms with van der Waals surface area (Å²) in [7, 11) is 0. The van der Waals surface area contributed by atoms with Crippen molar-refractivity contribution < 1.29 is 9.90 Å². The van der Waals surface area contributed by atoms with Crippen molar-refractivity contribution >= 4 is 17.7 Å². The molecule has 0 aliphatic heterocycles. The van der Waals surface area contributed by atoms with Crippen molar-refractivity contribution in [3.8, 4) is 0 Å². The highest BCUT2D eigenvalue weighted by molar-refractivity contribution is 7.99. The van der Waals surface area contributed by atoms with Crippen molar-refractivity contribution in [1.82, 2.24) is 5.32 Å². The van der Waals surface area contributed by atoms with Gasteiger partial charge in [-0.05, 0) is 24.5 Å². The zero-order chi connectivity index (χ0) is 11.7. The van der Waals surface area contributed by atoms with E-state index in [1.54, 1.807) is 11.8 Å². The molecule has 0 saturated carbocycles.